The van der Waals surface area contributed by atoms with E-state index in [9.17, 15) is 9.59 Å². The number of H-pyrrole nitrogens is 1. The Kier molecular flexibility index (Phi) is 4.60. The fraction of sp³-hybridized carbons (Fsp3) is 0.263. The minimum absolute atomic E-state index is 0.140. The van der Waals surface area contributed by atoms with Crippen LogP contribution in [-0.2, 0) is 11.2 Å². The highest BCUT2D eigenvalue weighted by molar-refractivity contribution is 7.22. The number of aromatic nitrogens is 4. The first-order valence-corrected chi connectivity index (χ1v) is 9.67. The molecule has 1 amide bonds. The first kappa shape index (κ1) is 18.2. The number of ether oxygens (including phenoxy) is 1. The van der Waals surface area contributed by atoms with Crippen molar-refractivity contribution in [2.24, 2.45) is 0 Å². The summed E-state index contributed by atoms with van der Waals surface area (Å²) in [5.41, 5.74) is 3.40. The molecule has 4 aromatic rings. The molecule has 144 valence electrons. The molecule has 3 aromatic heterocycles. The lowest BCUT2D eigenvalue weighted by Gasteiger charge is -2.10. The molecular weight excluding hydrogens is 378 g/mol. The molecule has 0 radical (unpaired) electrons. The number of anilines is 1. The molecule has 0 spiro atoms. The summed E-state index contributed by atoms with van der Waals surface area (Å²) < 4.78 is 8.05. The third-order valence-corrected chi connectivity index (χ3v) is 5.39. The molecule has 28 heavy (non-hydrogen) atoms. The first-order chi connectivity index (χ1) is 13.4. The van der Waals surface area contributed by atoms with Gasteiger partial charge in [0.2, 0.25) is 5.91 Å². The molecule has 0 aliphatic carbocycles. The number of fused-ring (bicyclic) bond motifs is 2. The SMILES string of the molecule is CCOc1ccc2nc(NC(=O)Cc3c(C)nc4cc(=O)[nH]n4c3C)sc2c1. The van der Waals surface area contributed by atoms with Gasteiger partial charge in [-0.15, -0.1) is 0 Å². The Hall–Kier alpha value is -3.20. The van der Waals surface area contributed by atoms with Crippen molar-refractivity contribution in [1.29, 1.82) is 0 Å². The maximum Gasteiger partial charge on any atom is 0.266 e. The zero-order valence-electron chi connectivity index (χ0n) is 15.7. The number of benzene rings is 1. The number of hydrogen-bond acceptors (Lipinski definition) is 6. The Labute approximate surface area is 164 Å². The molecule has 2 N–H and O–H groups in total. The maximum absolute atomic E-state index is 12.6. The number of thiazole rings is 1. The highest BCUT2D eigenvalue weighted by Gasteiger charge is 2.15. The molecule has 3 heterocycles. The van der Waals surface area contributed by atoms with Gasteiger partial charge in [0.15, 0.2) is 10.8 Å². The third kappa shape index (κ3) is 3.36. The summed E-state index contributed by atoms with van der Waals surface area (Å²) in [5, 5.41) is 6.09. The van der Waals surface area contributed by atoms with Crippen LogP contribution in [0.25, 0.3) is 15.9 Å². The van der Waals surface area contributed by atoms with Crippen molar-refractivity contribution in [3.05, 3.63) is 51.6 Å². The van der Waals surface area contributed by atoms with Gasteiger partial charge >= 0.3 is 0 Å². The second-order valence-electron chi connectivity index (χ2n) is 6.38. The van der Waals surface area contributed by atoms with Crippen molar-refractivity contribution < 1.29 is 9.53 Å². The largest absolute Gasteiger partial charge is 0.494 e. The van der Waals surface area contributed by atoms with Crippen LogP contribution in [0.3, 0.4) is 0 Å². The van der Waals surface area contributed by atoms with Crippen molar-refractivity contribution in [1.82, 2.24) is 19.6 Å². The van der Waals surface area contributed by atoms with E-state index in [-0.39, 0.29) is 17.9 Å². The average Bonchev–Trinajstić information content (AvgIpc) is 3.20. The van der Waals surface area contributed by atoms with Crippen LogP contribution in [0.15, 0.2) is 29.1 Å². The van der Waals surface area contributed by atoms with E-state index in [4.69, 9.17) is 4.74 Å². The summed E-state index contributed by atoms with van der Waals surface area (Å²) in [5.74, 6) is 0.591. The van der Waals surface area contributed by atoms with Gasteiger partial charge in [0, 0.05) is 23.0 Å². The van der Waals surface area contributed by atoms with Crippen LogP contribution in [0.5, 0.6) is 5.75 Å². The fourth-order valence-electron chi connectivity index (χ4n) is 3.15. The topological polar surface area (TPSA) is 101 Å². The van der Waals surface area contributed by atoms with Crippen LogP contribution in [-0.4, -0.2) is 32.1 Å². The Balaban J connectivity index is 1.57. The highest BCUT2D eigenvalue weighted by atomic mass is 32.1. The number of nitrogens with one attached hydrogen (secondary N) is 2. The summed E-state index contributed by atoms with van der Waals surface area (Å²) >= 11 is 1.40. The van der Waals surface area contributed by atoms with Gasteiger partial charge in [-0.25, -0.2) is 14.5 Å². The van der Waals surface area contributed by atoms with Gasteiger partial charge in [0.1, 0.15) is 5.75 Å². The molecular formula is C19H19N5O3S. The quantitative estimate of drug-likeness (QED) is 0.539. The molecule has 9 heteroatoms. The molecule has 0 bridgehead atoms. The number of aryl methyl sites for hydroxylation is 2. The van der Waals surface area contributed by atoms with Crippen LogP contribution in [0, 0.1) is 13.8 Å². The molecule has 0 aliphatic rings. The van der Waals surface area contributed by atoms with Gasteiger partial charge in [-0.05, 0) is 39.0 Å². The number of carbonyl (C=O) groups excluding carboxylic acids is 1. The highest BCUT2D eigenvalue weighted by Crippen LogP contribution is 2.29. The second-order valence-corrected chi connectivity index (χ2v) is 7.41. The number of nitrogens with zero attached hydrogens (tertiary/aromatic N) is 3. The number of carbonyl (C=O) groups is 1. The van der Waals surface area contributed by atoms with E-state index in [0.717, 1.165) is 32.9 Å². The number of rotatable bonds is 5. The maximum atomic E-state index is 12.6. The molecule has 8 nitrogen and oxygen atoms in total. The van der Waals surface area contributed by atoms with E-state index in [1.807, 2.05) is 39.0 Å². The predicted octanol–water partition coefficient (Wildman–Crippen LogP) is 2.83. The van der Waals surface area contributed by atoms with Gasteiger partial charge in [0.05, 0.1) is 23.2 Å². The standard InChI is InChI=1S/C19H19N5O3S/c1-4-27-12-5-6-14-15(7-12)28-19(21-14)22-17(25)8-13-10(2)20-16-9-18(26)23-24(16)11(13)3/h5-7,9H,4,8H2,1-3H3,(H,23,26)(H,21,22,25). The molecule has 0 aliphatic heterocycles. The Morgan fingerprint density at radius 1 is 1.29 bits per heavy atom. The minimum Gasteiger partial charge on any atom is -0.494 e. The molecule has 4 rings (SSSR count). The number of amides is 1. The van der Waals surface area contributed by atoms with Crippen molar-refractivity contribution in [2.45, 2.75) is 27.2 Å². The Morgan fingerprint density at radius 2 is 2.11 bits per heavy atom. The van der Waals surface area contributed by atoms with Gasteiger partial charge in [-0.2, -0.15) is 0 Å². The lowest BCUT2D eigenvalue weighted by atomic mass is 10.1. The molecule has 0 saturated heterocycles. The Morgan fingerprint density at radius 3 is 2.89 bits per heavy atom. The van der Waals surface area contributed by atoms with Crippen LogP contribution >= 0.6 is 11.3 Å². The lowest BCUT2D eigenvalue weighted by molar-refractivity contribution is -0.115. The molecule has 0 unspecified atom stereocenters. The van der Waals surface area contributed by atoms with E-state index in [2.05, 4.69) is 20.4 Å². The molecule has 1 aromatic carbocycles. The third-order valence-electron chi connectivity index (χ3n) is 4.46. The van der Waals surface area contributed by atoms with Gasteiger partial charge < -0.3 is 10.1 Å². The summed E-state index contributed by atoms with van der Waals surface area (Å²) in [4.78, 5) is 33.0. The molecule has 0 saturated carbocycles. The fourth-order valence-corrected chi connectivity index (χ4v) is 4.06. The lowest BCUT2D eigenvalue weighted by Crippen LogP contribution is -2.17. The van der Waals surface area contributed by atoms with E-state index < -0.39 is 0 Å². The molecule has 0 atom stereocenters. The normalized spacial score (nSPS) is 11.2. The van der Waals surface area contributed by atoms with Gasteiger partial charge in [0.25, 0.3) is 5.56 Å². The van der Waals surface area contributed by atoms with E-state index in [0.29, 0.717) is 17.4 Å². The van der Waals surface area contributed by atoms with E-state index in [1.54, 1.807) is 4.52 Å². The zero-order valence-corrected chi connectivity index (χ0v) is 16.5. The number of aromatic amines is 1. The van der Waals surface area contributed by atoms with Crippen LogP contribution in [0.2, 0.25) is 0 Å². The van der Waals surface area contributed by atoms with Gasteiger partial charge in [-0.3, -0.25) is 14.7 Å². The minimum atomic E-state index is -0.225. The van der Waals surface area contributed by atoms with Crippen molar-refractivity contribution >= 4 is 38.2 Å². The van der Waals surface area contributed by atoms with Crippen LogP contribution in [0.4, 0.5) is 5.13 Å². The van der Waals surface area contributed by atoms with Crippen LogP contribution < -0.4 is 15.6 Å². The van der Waals surface area contributed by atoms with Crippen molar-refractivity contribution in [3.63, 3.8) is 0 Å². The second kappa shape index (κ2) is 7.08. The first-order valence-electron chi connectivity index (χ1n) is 8.85. The average molecular weight is 397 g/mol. The predicted molar refractivity (Wildman–Crippen MR) is 108 cm³/mol. The smallest absolute Gasteiger partial charge is 0.266 e. The summed E-state index contributed by atoms with van der Waals surface area (Å²) in [6.07, 6.45) is 0.140. The summed E-state index contributed by atoms with van der Waals surface area (Å²) in [6.45, 7) is 6.22. The van der Waals surface area contributed by atoms with Crippen molar-refractivity contribution in [3.8, 4) is 5.75 Å². The van der Waals surface area contributed by atoms with E-state index >= 15 is 0 Å². The van der Waals surface area contributed by atoms with Gasteiger partial charge in [-0.1, -0.05) is 11.3 Å². The van der Waals surface area contributed by atoms with Crippen molar-refractivity contribution in [2.75, 3.05) is 11.9 Å². The number of hydrogen-bond donors (Lipinski definition) is 2. The zero-order chi connectivity index (χ0) is 19.8. The van der Waals surface area contributed by atoms with Crippen LogP contribution in [0.1, 0.15) is 23.9 Å². The monoisotopic (exact) mass is 397 g/mol. The summed E-state index contributed by atoms with van der Waals surface area (Å²) in [7, 11) is 0. The van der Waals surface area contributed by atoms with E-state index in [1.165, 1.54) is 17.4 Å². The summed E-state index contributed by atoms with van der Waals surface area (Å²) in [6, 6.07) is 7.09. The molecule has 0 fully saturated rings. The Bertz CT molecular complexity index is 1250.